The van der Waals surface area contributed by atoms with Gasteiger partial charge in [0, 0.05) is 82.1 Å². The third-order valence-corrected chi connectivity index (χ3v) is 12.1. The quantitative estimate of drug-likeness (QED) is 0.355. The van der Waals surface area contributed by atoms with Gasteiger partial charge in [-0.3, -0.25) is 14.5 Å². The van der Waals surface area contributed by atoms with E-state index in [0.29, 0.717) is 50.7 Å². The maximum absolute atomic E-state index is 15.7. The number of amides is 4. The second-order valence-electron chi connectivity index (χ2n) is 15.5. The number of piperidine rings is 1. The molecule has 49 heavy (non-hydrogen) atoms. The molecule has 4 aliphatic rings. The minimum atomic E-state index is -0.529. The molecule has 2 aromatic rings. The van der Waals surface area contributed by atoms with Gasteiger partial charge in [-0.25, -0.2) is 9.18 Å². The van der Waals surface area contributed by atoms with Gasteiger partial charge in [0.2, 0.25) is 11.8 Å². The normalized spacial score (nSPS) is 22.8. The summed E-state index contributed by atoms with van der Waals surface area (Å²) >= 11 is 1.50. The van der Waals surface area contributed by atoms with Crippen LogP contribution in [0.1, 0.15) is 76.8 Å². The molecule has 6 rings (SSSR count). The Balaban J connectivity index is 1.13. The monoisotopic (exact) mass is 692 g/mol. The van der Waals surface area contributed by atoms with Crippen LogP contribution < -0.4 is 10.2 Å². The predicted octanol–water partition coefficient (Wildman–Crippen LogP) is 6.21. The smallest absolute Gasteiger partial charge is 0.322 e. The van der Waals surface area contributed by atoms with E-state index in [-0.39, 0.29) is 46.9 Å². The van der Waals surface area contributed by atoms with Gasteiger partial charge in [-0.2, -0.15) is 0 Å². The minimum absolute atomic E-state index is 0.0126. The maximum atomic E-state index is 15.7. The Hall–Kier alpha value is -3.31. The van der Waals surface area contributed by atoms with Crippen molar-refractivity contribution in [2.75, 3.05) is 62.6 Å². The fourth-order valence-corrected chi connectivity index (χ4v) is 9.12. The molecule has 0 aromatic heterocycles. The van der Waals surface area contributed by atoms with Gasteiger partial charge in [-0.05, 0) is 62.6 Å². The van der Waals surface area contributed by atoms with Gasteiger partial charge in [0.15, 0.2) is 0 Å². The van der Waals surface area contributed by atoms with Crippen LogP contribution in [0.15, 0.2) is 42.5 Å². The molecule has 0 aliphatic carbocycles. The molecule has 9 nitrogen and oxygen atoms in total. The van der Waals surface area contributed by atoms with Crippen molar-refractivity contribution >= 4 is 41.0 Å². The molecule has 3 saturated heterocycles. The Morgan fingerprint density at radius 1 is 0.959 bits per heavy atom. The van der Waals surface area contributed by atoms with Crippen LogP contribution in [0.2, 0.25) is 0 Å². The lowest BCUT2D eigenvalue weighted by Gasteiger charge is -2.40. The van der Waals surface area contributed by atoms with Crippen LogP contribution in [0.4, 0.5) is 20.6 Å². The van der Waals surface area contributed by atoms with Crippen molar-refractivity contribution in [2.45, 2.75) is 89.4 Å². The first-order valence-corrected chi connectivity index (χ1v) is 19.0. The Bertz CT molecular complexity index is 1520. The minimum Gasteiger partial charge on any atom is -0.366 e. The number of thioether (sulfide) groups is 1. The van der Waals surface area contributed by atoms with Crippen molar-refractivity contribution in [3.63, 3.8) is 0 Å². The topological polar surface area (TPSA) is 79.4 Å². The first-order chi connectivity index (χ1) is 23.4. The number of benzene rings is 2. The molecule has 0 spiro atoms. The van der Waals surface area contributed by atoms with Gasteiger partial charge in [-0.15, -0.1) is 11.8 Å². The zero-order valence-corrected chi connectivity index (χ0v) is 30.6. The van der Waals surface area contributed by atoms with E-state index in [1.54, 1.807) is 6.07 Å². The highest BCUT2D eigenvalue weighted by Crippen LogP contribution is 2.48. The van der Waals surface area contributed by atoms with E-state index >= 15 is 4.39 Å². The van der Waals surface area contributed by atoms with E-state index in [2.05, 4.69) is 55.8 Å². The number of carbonyl (C=O) groups is 3. The number of carbonyl (C=O) groups excluding carboxylic acids is 3. The van der Waals surface area contributed by atoms with E-state index in [4.69, 9.17) is 0 Å². The van der Waals surface area contributed by atoms with Crippen molar-refractivity contribution in [1.29, 1.82) is 0 Å². The molecule has 4 aliphatic heterocycles. The number of nitrogens with zero attached hydrogens (tertiary/aromatic N) is 5. The molecule has 4 amide bonds. The number of fused-ring (bicyclic) bond motifs is 1. The number of anilines is 2. The molecule has 1 N–H and O–H groups in total. The number of rotatable bonds is 8. The summed E-state index contributed by atoms with van der Waals surface area (Å²) in [5.74, 6) is -0.329. The van der Waals surface area contributed by atoms with Crippen LogP contribution in [0.5, 0.6) is 0 Å². The van der Waals surface area contributed by atoms with Gasteiger partial charge in [0.1, 0.15) is 11.2 Å². The number of para-hydroxylation sites is 2. The van der Waals surface area contributed by atoms with E-state index in [9.17, 15) is 14.4 Å². The third kappa shape index (κ3) is 8.03. The molecular weight excluding hydrogens is 640 g/mol. The molecule has 0 radical (unpaired) electrons. The molecule has 11 heteroatoms. The lowest BCUT2D eigenvalue weighted by atomic mass is 9.92. The zero-order valence-electron chi connectivity index (χ0n) is 29.8. The summed E-state index contributed by atoms with van der Waals surface area (Å²) in [7, 11) is 0. The number of hydrogen-bond acceptors (Lipinski definition) is 6. The Kier molecular flexibility index (Phi) is 10.8. The fraction of sp³-hybridized carbons (Fsp3) is 0.605. The van der Waals surface area contributed by atoms with Crippen LogP contribution in [0.3, 0.4) is 0 Å². The van der Waals surface area contributed by atoms with Gasteiger partial charge >= 0.3 is 6.03 Å². The molecule has 266 valence electrons. The van der Waals surface area contributed by atoms with E-state index in [0.717, 1.165) is 55.8 Å². The number of likely N-dealkylation sites (tertiary alicyclic amines) is 1. The molecule has 0 bridgehead atoms. The molecule has 2 aromatic carbocycles. The largest absolute Gasteiger partial charge is 0.366 e. The molecule has 4 heterocycles. The molecule has 0 unspecified atom stereocenters. The fourth-order valence-electron chi connectivity index (χ4n) is 7.63. The van der Waals surface area contributed by atoms with E-state index in [1.165, 1.54) is 17.8 Å². The van der Waals surface area contributed by atoms with Crippen molar-refractivity contribution in [1.82, 2.24) is 19.6 Å². The summed E-state index contributed by atoms with van der Waals surface area (Å²) in [6.07, 6.45) is 3.13. The maximum Gasteiger partial charge on any atom is 0.322 e. The third-order valence-electron chi connectivity index (χ3n) is 10.6. The number of urea groups is 1. The number of nitrogens with one attached hydrogen (secondary N) is 1. The van der Waals surface area contributed by atoms with Crippen LogP contribution in [0.25, 0.3) is 0 Å². The molecule has 2 atom stereocenters. The van der Waals surface area contributed by atoms with Gasteiger partial charge in [-0.1, -0.05) is 51.1 Å². The summed E-state index contributed by atoms with van der Waals surface area (Å²) in [5, 5.41) is 2.17. The van der Waals surface area contributed by atoms with Gasteiger partial charge in [0.05, 0.1) is 10.9 Å². The second kappa shape index (κ2) is 14.9. The standard InChI is InChI=1S/C38H53FN6O3S/c1-26(2)41-21-23-43(24-22-41)34-29(10-8-11-30(34)39)36-45(20-16-38(3,4)5)35(47)32(49-36)25-33(46)42-17-14-28(15-18-42)44-19-13-27-9-6-7-12-31(27)40-37(44)48/h6-12,26,28,32,36H,13-25H2,1-5H3,(H,40,48)/t32-,36+/m0/s1. The Morgan fingerprint density at radius 2 is 1.67 bits per heavy atom. The number of hydrogen-bond donors (Lipinski definition) is 1. The number of piperazine rings is 1. The summed E-state index contributed by atoms with van der Waals surface area (Å²) in [6, 6.07) is 13.6. The van der Waals surface area contributed by atoms with Crippen molar-refractivity contribution < 1.29 is 18.8 Å². The second-order valence-corrected chi connectivity index (χ2v) is 16.7. The average molecular weight is 693 g/mol. The van der Waals surface area contributed by atoms with Crippen molar-refractivity contribution in [3.8, 4) is 0 Å². The summed E-state index contributed by atoms with van der Waals surface area (Å²) < 4.78 is 15.7. The van der Waals surface area contributed by atoms with Crippen molar-refractivity contribution in [2.24, 2.45) is 5.41 Å². The summed E-state index contributed by atoms with van der Waals surface area (Å²) in [4.78, 5) is 51.2. The lowest BCUT2D eigenvalue weighted by molar-refractivity contribution is -0.137. The van der Waals surface area contributed by atoms with Gasteiger partial charge in [0.25, 0.3) is 0 Å². The van der Waals surface area contributed by atoms with Crippen molar-refractivity contribution in [3.05, 3.63) is 59.4 Å². The van der Waals surface area contributed by atoms with Crippen LogP contribution in [0, 0.1) is 11.2 Å². The summed E-state index contributed by atoms with van der Waals surface area (Å²) in [5.41, 5.74) is 3.43. The SMILES string of the molecule is CC(C)N1CCN(c2c(F)cccc2[C@H]2S[C@@H](CC(=O)N3CCC(N4CCc5ccccc5NC4=O)CC3)C(=O)N2CCC(C)(C)C)CC1. The lowest BCUT2D eigenvalue weighted by Crippen LogP contribution is -2.50. The van der Waals surface area contributed by atoms with Crippen LogP contribution in [-0.4, -0.2) is 107 Å². The number of halogens is 1. The molecular formula is C38H53FN6O3S. The van der Waals surface area contributed by atoms with E-state index < -0.39 is 5.25 Å². The van der Waals surface area contributed by atoms with E-state index in [1.807, 2.05) is 39.0 Å². The van der Waals surface area contributed by atoms with Gasteiger partial charge < -0.3 is 24.9 Å². The predicted molar refractivity (Wildman–Crippen MR) is 195 cm³/mol. The highest BCUT2D eigenvalue weighted by atomic mass is 32.2. The first-order valence-electron chi connectivity index (χ1n) is 18.1. The van der Waals surface area contributed by atoms with Crippen LogP contribution in [-0.2, 0) is 16.0 Å². The molecule has 3 fully saturated rings. The zero-order chi connectivity index (χ0) is 34.9. The van der Waals surface area contributed by atoms with Crippen LogP contribution >= 0.6 is 11.8 Å². The molecule has 0 saturated carbocycles. The Labute approximate surface area is 295 Å². The Morgan fingerprint density at radius 3 is 2.37 bits per heavy atom. The first kappa shape index (κ1) is 35.5. The average Bonchev–Trinajstić information content (AvgIpc) is 3.27. The highest BCUT2D eigenvalue weighted by molar-refractivity contribution is 8.01. The summed E-state index contributed by atoms with van der Waals surface area (Å²) in [6.45, 7) is 16.4. The highest BCUT2D eigenvalue weighted by Gasteiger charge is 2.44.